The van der Waals surface area contributed by atoms with Crippen molar-refractivity contribution in [2.45, 2.75) is 25.7 Å². The van der Waals surface area contributed by atoms with Gasteiger partial charge in [-0.15, -0.1) is 0 Å². The number of halogens is 3. The smallest absolute Gasteiger partial charge is 0.142 e. The number of nitrogens with zero attached hydrogens (tertiary/aromatic N) is 1. The zero-order chi connectivity index (χ0) is 21.4. The highest BCUT2D eigenvalue weighted by Crippen LogP contribution is 2.36. The number of hydrogen-bond donors (Lipinski definition) is 1. The Morgan fingerprint density at radius 3 is 2.38 bits per heavy atom. The van der Waals surface area contributed by atoms with E-state index < -0.39 is 0 Å². The van der Waals surface area contributed by atoms with Crippen LogP contribution in [0.25, 0.3) is 0 Å². The molecule has 1 heterocycles. The molecule has 0 saturated carbocycles. The summed E-state index contributed by atoms with van der Waals surface area (Å²) < 4.78 is 38.0. The Kier molecular flexibility index (Phi) is 9.17. The number of ether oxygens (including phenoxy) is 2. The molecule has 0 aliphatic carbocycles. The van der Waals surface area contributed by atoms with E-state index in [2.05, 4.69) is 26.1 Å². The SMILES string of the molecule is CNCCCc1c(F)ccc(OC)c1Br.COc1ccc(F)c2c1N(C)CCC2. The van der Waals surface area contributed by atoms with E-state index in [0.29, 0.717) is 17.7 Å². The first kappa shape index (κ1) is 23.4. The largest absolute Gasteiger partial charge is 0.496 e. The second kappa shape index (κ2) is 11.4. The van der Waals surface area contributed by atoms with Gasteiger partial charge in [0.05, 0.1) is 24.4 Å². The topological polar surface area (TPSA) is 33.7 Å². The van der Waals surface area contributed by atoms with E-state index in [4.69, 9.17) is 9.47 Å². The molecule has 1 aliphatic rings. The maximum absolute atomic E-state index is 13.5. The maximum atomic E-state index is 13.5. The third-order valence-electron chi connectivity index (χ3n) is 4.93. The Morgan fingerprint density at radius 2 is 1.72 bits per heavy atom. The molecule has 0 unspecified atom stereocenters. The van der Waals surface area contributed by atoms with Crippen molar-refractivity contribution in [3.63, 3.8) is 0 Å². The number of fused-ring (bicyclic) bond motifs is 1. The lowest BCUT2D eigenvalue weighted by molar-refractivity contribution is 0.409. The Hall–Kier alpha value is -1.86. The van der Waals surface area contributed by atoms with Crippen molar-refractivity contribution in [1.29, 1.82) is 0 Å². The zero-order valence-electron chi connectivity index (χ0n) is 17.4. The highest BCUT2D eigenvalue weighted by Gasteiger charge is 2.21. The lowest BCUT2D eigenvalue weighted by Gasteiger charge is -2.29. The lowest BCUT2D eigenvalue weighted by atomic mass is 10.0. The average Bonchev–Trinajstić information content (AvgIpc) is 2.72. The van der Waals surface area contributed by atoms with Crippen molar-refractivity contribution in [3.05, 3.63) is 51.5 Å². The van der Waals surface area contributed by atoms with Crippen LogP contribution in [0.1, 0.15) is 24.0 Å². The van der Waals surface area contributed by atoms with Gasteiger partial charge < -0.3 is 19.7 Å². The Balaban J connectivity index is 0.000000207. The summed E-state index contributed by atoms with van der Waals surface area (Å²) in [6.07, 6.45) is 3.42. The summed E-state index contributed by atoms with van der Waals surface area (Å²) in [5.41, 5.74) is 2.39. The summed E-state index contributed by atoms with van der Waals surface area (Å²) in [5, 5.41) is 3.04. The van der Waals surface area contributed by atoms with E-state index in [1.807, 2.05) is 14.1 Å². The number of methoxy groups -OCH3 is 2. The summed E-state index contributed by atoms with van der Waals surface area (Å²) in [6, 6.07) is 6.24. The van der Waals surface area contributed by atoms with Gasteiger partial charge in [0, 0.05) is 24.7 Å². The van der Waals surface area contributed by atoms with Crippen LogP contribution >= 0.6 is 15.9 Å². The van der Waals surface area contributed by atoms with Crippen LogP contribution in [0, 0.1) is 11.6 Å². The van der Waals surface area contributed by atoms with E-state index in [9.17, 15) is 8.78 Å². The summed E-state index contributed by atoms with van der Waals surface area (Å²) in [6.45, 7) is 1.84. The van der Waals surface area contributed by atoms with Gasteiger partial charge in [0.1, 0.15) is 23.1 Å². The molecule has 0 amide bonds. The van der Waals surface area contributed by atoms with E-state index >= 15 is 0 Å². The standard InChI is InChI=1S/C11H15BrFNO.C11H14FNO/c1-14-7-3-4-8-9(13)5-6-10(15-2)11(8)12;1-13-7-3-4-8-9(12)5-6-10(14-2)11(8)13/h5-6,14H,3-4,7H2,1-2H3;5-6H,3-4,7H2,1-2H3. The highest BCUT2D eigenvalue weighted by molar-refractivity contribution is 9.10. The fraction of sp³-hybridized carbons (Fsp3) is 0.455. The number of benzene rings is 2. The molecule has 0 aromatic heterocycles. The molecule has 3 rings (SSSR count). The minimum Gasteiger partial charge on any atom is -0.496 e. The van der Waals surface area contributed by atoms with Crippen LogP contribution in [0.5, 0.6) is 11.5 Å². The molecular formula is C22H29BrF2N2O2. The molecule has 1 aliphatic heterocycles. The summed E-state index contributed by atoms with van der Waals surface area (Å²) >= 11 is 3.36. The molecule has 7 heteroatoms. The van der Waals surface area contributed by atoms with E-state index in [-0.39, 0.29) is 11.6 Å². The Morgan fingerprint density at radius 1 is 1.07 bits per heavy atom. The molecule has 4 nitrogen and oxygen atoms in total. The number of hydrogen-bond acceptors (Lipinski definition) is 4. The predicted octanol–water partition coefficient (Wildman–Crippen LogP) is 4.97. The number of nitrogens with one attached hydrogen (secondary N) is 1. The third kappa shape index (κ3) is 5.82. The van der Waals surface area contributed by atoms with Crippen LogP contribution in [-0.4, -0.2) is 41.4 Å². The highest BCUT2D eigenvalue weighted by atomic mass is 79.9. The van der Waals surface area contributed by atoms with E-state index in [1.165, 1.54) is 12.1 Å². The second-order valence-corrected chi connectivity index (χ2v) is 7.64. The summed E-state index contributed by atoms with van der Waals surface area (Å²) in [5.74, 6) is 1.14. The van der Waals surface area contributed by atoms with Gasteiger partial charge in [0.15, 0.2) is 0 Å². The first-order chi connectivity index (χ1) is 13.9. The third-order valence-corrected chi connectivity index (χ3v) is 5.80. The summed E-state index contributed by atoms with van der Waals surface area (Å²) in [7, 11) is 7.06. The number of anilines is 1. The Labute approximate surface area is 180 Å². The van der Waals surface area contributed by atoms with E-state index in [0.717, 1.165) is 53.8 Å². The minimum atomic E-state index is -0.182. The normalized spacial score (nSPS) is 12.7. The fourth-order valence-corrected chi connectivity index (χ4v) is 4.10. The zero-order valence-corrected chi connectivity index (χ0v) is 19.0. The molecule has 0 radical (unpaired) electrons. The molecule has 1 N–H and O–H groups in total. The minimum absolute atomic E-state index is 0.118. The summed E-state index contributed by atoms with van der Waals surface area (Å²) in [4.78, 5) is 2.06. The molecule has 29 heavy (non-hydrogen) atoms. The monoisotopic (exact) mass is 470 g/mol. The average molecular weight is 471 g/mol. The van der Waals surface area contributed by atoms with Gasteiger partial charge in [0.2, 0.25) is 0 Å². The van der Waals surface area contributed by atoms with Crippen molar-refractivity contribution >= 4 is 21.6 Å². The molecule has 0 atom stereocenters. The molecule has 2 aromatic carbocycles. The van der Waals surface area contributed by atoms with Crippen LogP contribution in [0.4, 0.5) is 14.5 Å². The second-order valence-electron chi connectivity index (χ2n) is 6.85. The predicted molar refractivity (Wildman–Crippen MR) is 117 cm³/mol. The van der Waals surface area contributed by atoms with Gasteiger partial charge in [0.25, 0.3) is 0 Å². The quantitative estimate of drug-likeness (QED) is 0.604. The molecule has 160 valence electrons. The Bertz CT molecular complexity index is 818. The van der Waals surface area contributed by atoms with Crippen molar-refractivity contribution in [2.75, 3.05) is 46.3 Å². The maximum Gasteiger partial charge on any atom is 0.142 e. The van der Waals surface area contributed by atoms with Crippen molar-refractivity contribution < 1.29 is 18.3 Å². The van der Waals surface area contributed by atoms with Gasteiger partial charge in [-0.25, -0.2) is 8.78 Å². The first-order valence-electron chi connectivity index (χ1n) is 9.66. The number of rotatable bonds is 6. The van der Waals surface area contributed by atoms with Crippen LogP contribution in [0.2, 0.25) is 0 Å². The van der Waals surface area contributed by atoms with Crippen molar-refractivity contribution in [2.24, 2.45) is 0 Å². The van der Waals surface area contributed by atoms with E-state index in [1.54, 1.807) is 26.4 Å². The van der Waals surface area contributed by atoms with Crippen molar-refractivity contribution in [3.8, 4) is 11.5 Å². The molecule has 0 fully saturated rings. The van der Waals surface area contributed by atoms with Gasteiger partial charge in [-0.3, -0.25) is 0 Å². The van der Waals surface area contributed by atoms with Gasteiger partial charge in [-0.1, -0.05) is 0 Å². The lowest BCUT2D eigenvalue weighted by Crippen LogP contribution is -2.26. The van der Waals surface area contributed by atoms with Gasteiger partial charge >= 0.3 is 0 Å². The van der Waals surface area contributed by atoms with Gasteiger partial charge in [-0.2, -0.15) is 0 Å². The van der Waals surface area contributed by atoms with Crippen LogP contribution in [0.15, 0.2) is 28.7 Å². The van der Waals surface area contributed by atoms with Gasteiger partial charge in [-0.05, 0) is 79.5 Å². The van der Waals surface area contributed by atoms with Crippen molar-refractivity contribution in [1.82, 2.24) is 5.32 Å². The van der Waals surface area contributed by atoms with Crippen LogP contribution in [0.3, 0.4) is 0 Å². The van der Waals surface area contributed by atoms with Crippen LogP contribution < -0.4 is 19.7 Å². The molecule has 0 bridgehead atoms. The molecule has 0 saturated heterocycles. The molecule has 2 aromatic rings. The molecular weight excluding hydrogens is 442 g/mol. The van der Waals surface area contributed by atoms with Crippen LogP contribution in [-0.2, 0) is 12.8 Å². The first-order valence-corrected chi connectivity index (χ1v) is 10.5. The molecule has 0 spiro atoms. The fourth-order valence-electron chi connectivity index (χ4n) is 3.42.